The topological polar surface area (TPSA) is 71.0 Å². The summed E-state index contributed by atoms with van der Waals surface area (Å²) in [5.74, 6) is 3.28. The van der Waals surface area contributed by atoms with Gasteiger partial charge in [0.05, 0.1) is 6.54 Å². The second kappa shape index (κ2) is 8.42. The lowest BCUT2D eigenvalue weighted by Crippen LogP contribution is -2.37. The van der Waals surface area contributed by atoms with Crippen LogP contribution in [0.25, 0.3) is 0 Å². The number of pyridine rings is 1. The van der Waals surface area contributed by atoms with E-state index < -0.39 is 0 Å². The number of fused-ring (bicyclic) bond motifs is 1. The highest BCUT2D eigenvalue weighted by atomic mass is 16.7. The smallest absolute Gasteiger partial charge is 0.231 e. The predicted molar refractivity (Wildman–Crippen MR) is 103 cm³/mol. The zero-order chi connectivity index (χ0) is 18.4. The third-order valence-corrected chi connectivity index (χ3v) is 3.94. The van der Waals surface area contributed by atoms with Gasteiger partial charge in [0.1, 0.15) is 5.82 Å². The SMILES string of the molecule is CCNC(=NCc1ccc2c(c1)OCO2)NCc1cccnc1N(C)C. The molecule has 1 aliphatic heterocycles. The van der Waals surface area contributed by atoms with Crippen molar-refractivity contribution in [1.82, 2.24) is 15.6 Å². The Kier molecular flexibility index (Phi) is 5.78. The molecule has 138 valence electrons. The van der Waals surface area contributed by atoms with Crippen LogP contribution in [0.1, 0.15) is 18.1 Å². The van der Waals surface area contributed by atoms with Crippen LogP contribution in [-0.4, -0.2) is 38.4 Å². The molecule has 0 radical (unpaired) electrons. The lowest BCUT2D eigenvalue weighted by molar-refractivity contribution is 0.174. The summed E-state index contributed by atoms with van der Waals surface area (Å²) in [6.45, 7) is 4.33. The van der Waals surface area contributed by atoms with Crippen LogP contribution in [0, 0.1) is 0 Å². The minimum Gasteiger partial charge on any atom is -0.454 e. The molecule has 26 heavy (non-hydrogen) atoms. The average molecular weight is 355 g/mol. The van der Waals surface area contributed by atoms with E-state index in [2.05, 4.69) is 26.7 Å². The zero-order valence-corrected chi connectivity index (χ0v) is 15.5. The van der Waals surface area contributed by atoms with Crippen molar-refractivity contribution in [2.24, 2.45) is 4.99 Å². The molecule has 0 atom stereocenters. The number of aliphatic imine (C=N–C) groups is 1. The summed E-state index contributed by atoms with van der Waals surface area (Å²) in [6, 6.07) is 9.91. The Balaban J connectivity index is 1.66. The molecular weight excluding hydrogens is 330 g/mol. The summed E-state index contributed by atoms with van der Waals surface area (Å²) in [5.41, 5.74) is 2.19. The number of nitrogens with one attached hydrogen (secondary N) is 2. The number of nitrogens with zero attached hydrogens (tertiary/aromatic N) is 3. The standard InChI is InChI=1S/C19H25N5O2/c1-4-20-19(23-12-15-6-5-9-21-18(15)24(2)3)22-11-14-7-8-16-17(10-14)26-13-25-16/h5-10H,4,11-13H2,1-3H3,(H2,20,22,23). The maximum atomic E-state index is 5.42. The molecule has 0 bridgehead atoms. The molecule has 0 fully saturated rings. The molecular formula is C19H25N5O2. The highest BCUT2D eigenvalue weighted by molar-refractivity contribution is 5.79. The van der Waals surface area contributed by atoms with Gasteiger partial charge >= 0.3 is 0 Å². The van der Waals surface area contributed by atoms with Crippen molar-refractivity contribution in [1.29, 1.82) is 0 Å². The molecule has 0 unspecified atom stereocenters. The van der Waals surface area contributed by atoms with Gasteiger partial charge in [0.15, 0.2) is 17.5 Å². The fourth-order valence-electron chi connectivity index (χ4n) is 2.70. The van der Waals surface area contributed by atoms with E-state index >= 15 is 0 Å². The average Bonchev–Trinajstić information content (AvgIpc) is 3.12. The largest absolute Gasteiger partial charge is 0.454 e. The van der Waals surface area contributed by atoms with Gasteiger partial charge in [-0.15, -0.1) is 0 Å². The van der Waals surface area contributed by atoms with Crippen LogP contribution in [0.3, 0.4) is 0 Å². The van der Waals surface area contributed by atoms with Crippen molar-refractivity contribution in [3.05, 3.63) is 47.7 Å². The number of anilines is 1. The molecule has 0 amide bonds. The number of hydrogen-bond acceptors (Lipinski definition) is 5. The first-order chi connectivity index (χ1) is 12.7. The first-order valence-electron chi connectivity index (χ1n) is 8.69. The summed E-state index contributed by atoms with van der Waals surface area (Å²) in [4.78, 5) is 11.1. The quantitative estimate of drug-likeness (QED) is 0.611. The van der Waals surface area contributed by atoms with Crippen LogP contribution in [0.5, 0.6) is 11.5 Å². The molecule has 7 nitrogen and oxygen atoms in total. The monoisotopic (exact) mass is 355 g/mol. The van der Waals surface area contributed by atoms with Crippen LogP contribution in [0.4, 0.5) is 5.82 Å². The lowest BCUT2D eigenvalue weighted by atomic mass is 10.2. The van der Waals surface area contributed by atoms with Crippen molar-refractivity contribution in [2.45, 2.75) is 20.0 Å². The van der Waals surface area contributed by atoms with Crippen LogP contribution >= 0.6 is 0 Å². The minimum atomic E-state index is 0.283. The zero-order valence-electron chi connectivity index (χ0n) is 15.5. The molecule has 2 N–H and O–H groups in total. The van der Waals surface area contributed by atoms with E-state index in [1.54, 1.807) is 6.20 Å². The fourth-order valence-corrected chi connectivity index (χ4v) is 2.70. The van der Waals surface area contributed by atoms with Crippen LogP contribution in [-0.2, 0) is 13.1 Å². The predicted octanol–water partition coefficient (Wildman–Crippen LogP) is 2.13. The van der Waals surface area contributed by atoms with E-state index in [-0.39, 0.29) is 6.79 Å². The van der Waals surface area contributed by atoms with Gasteiger partial charge in [0.2, 0.25) is 6.79 Å². The van der Waals surface area contributed by atoms with Crippen LogP contribution in [0.15, 0.2) is 41.5 Å². The molecule has 0 saturated carbocycles. The van der Waals surface area contributed by atoms with E-state index in [1.807, 2.05) is 50.2 Å². The number of aromatic nitrogens is 1. The second-order valence-electron chi connectivity index (χ2n) is 6.12. The maximum Gasteiger partial charge on any atom is 0.231 e. The van der Waals surface area contributed by atoms with E-state index in [0.29, 0.717) is 13.1 Å². The van der Waals surface area contributed by atoms with Crippen molar-refractivity contribution in [3.63, 3.8) is 0 Å². The number of ether oxygens (including phenoxy) is 2. The maximum absolute atomic E-state index is 5.42. The Morgan fingerprint density at radius 1 is 1.19 bits per heavy atom. The number of benzene rings is 1. The van der Waals surface area contributed by atoms with Gasteiger partial charge in [0.25, 0.3) is 0 Å². The first kappa shape index (κ1) is 17.8. The number of guanidine groups is 1. The van der Waals surface area contributed by atoms with Gasteiger partial charge in [-0.2, -0.15) is 0 Å². The summed E-state index contributed by atoms with van der Waals surface area (Å²) < 4.78 is 10.8. The molecule has 2 heterocycles. The molecule has 7 heteroatoms. The van der Waals surface area contributed by atoms with Crippen molar-refractivity contribution >= 4 is 11.8 Å². The van der Waals surface area contributed by atoms with E-state index in [4.69, 9.17) is 9.47 Å². The fraction of sp³-hybridized carbons (Fsp3) is 0.368. The van der Waals surface area contributed by atoms with Gasteiger partial charge in [-0.1, -0.05) is 12.1 Å². The highest BCUT2D eigenvalue weighted by Gasteiger charge is 2.13. The second-order valence-corrected chi connectivity index (χ2v) is 6.12. The van der Waals surface area contributed by atoms with Crippen LogP contribution in [0.2, 0.25) is 0 Å². The van der Waals surface area contributed by atoms with E-state index in [9.17, 15) is 0 Å². The highest BCUT2D eigenvalue weighted by Crippen LogP contribution is 2.32. The Bertz CT molecular complexity index is 776. The Morgan fingerprint density at radius 2 is 2.04 bits per heavy atom. The van der Waals surface area contributed by atoms with Crippen molar-refractivity contribution in [2.75, 3.05) is 32.3 Å². The first-order valence-corrected chi connectivity index (χ1v) is 8.69. The molecule has 2 aromatic rings. The van der Waals surface area contributed by atoms with Gasteiger partial charge in [-0.05, 0) is 30.7 Å². The number of rotatable bonds is 6. The molecule has 0 spiro atoms. The van der Waals surface area contributed by atoms with E-state index in [0.717, 1.165) is 40.9 Å². The normalized spacial score (nSPS) is 12.8. The minimum absolute atomic E-state index is 0.283. The summed E-state index contributed by atoms with van der Waals surface area (Å²) in [6.07, 6.45) is 1.80. The van der Waals surface area contributed by atoms with Crippen LogP contribution < -0.4 is 25.0 Å². The van der Waals surface area contributed by atoms with Crippen molar-refractivity contribution < 1.29 is 9.47 Å². The Labute approximate surface area is 154 Å². The van der Waals surface area contributed by atoms with Crippen molar-refractivity contribution in [3.8, 4) is 11.5 Å². The van der Waals surface area contributed by atoms with Gasteiger partial charge in [-0.3, -0.25) is 0 Å². The Hall–Kier alpha value is -2.96. The lowest BCUT2D eigenvalue weighted by Gasteiger charge is -2.17. The molecule has 0 aliphatic carbocycles. The summed E-state index contributed by atoms with van der Waals surface area (Å²) in [5, 5.41) is 6.64. The third-order valence-electron chi connectivity index (χ3n) is 3.94. The van der Waals surface area contributed by atoms with Gasteiger partial charge < -0.3 is 25.0 Å². The van der Waals surface area contributed by atoms with E-state index in [1.165, 1.54) is 0 Å². The molecule has 1 aromatic carbocycles. The summed E-state index contributed by atoms with van der Waals surface area (Å²) >= 11 is 0. The number of hydrogen-bond donors (Lipinski definition) is 2. The van der Waals surface area contributed by atoms with Gasteiger partial charge in [-0.25, -0.2) is 9.98 Å². The Morgan fingerprint density at radius 3 is 2.85 bits per heavy atom. The molecule has 1 aromatic heterocycles. The third kappa shape index (κ3) is 4.36. The summed E-state index contributed by atoms with van der Waals surface area (Å²) in [7, 11) is 3.98. The molecule has 3 rings (SSSR count). The van der Waals surface area contributed by atoms with Gasteiger partial charge in [0, 0.05) is 38.9 Å². The molecule has 1 aliphatic rings. The molecule has 0 saturated heterocycles.